The van der Waals surface area contributed by atoms with Gasteiger partial charge in [-0.05, 0) is 65.4 Å². The summed E-state index contributed by atoms with van der Waals surface area (Å²) in [5.74, 6) is -2.44. The van der Waals surface area contributed by atoms with E-state index >= 15 is 4.39 Å². The van der Waals surface area contributed by atoms with Gasteiger partial charge in [0.25, 0.3) is 0 Å². The number of halogens is 3. The van der Waals surface area contributed by atoms with E-state index in [9.17, 15) is 18.4 Å². The molecule has 0 bridgehead atoms. The van der Waals surface area contributed by atoms with Gasteiger partial charge in [0.05, 0.1) is 42.7 Å². The van der Waals surface area contributed by atoms with Crippen molar-refractivity contribution in [2.24, 2.45) is 0 Å². The SMILES string of the molecule is [2H]C([2H])(OCc1ccccc1)C(=O)Cn1c(C(C)(C)C([2H])([2H])OCc2ccccc2)cc2cc(CC(=O)C3(c4ccc5c(c4)OC(F)(F)O5)CC3)c(F)cc21. The lowest BCUT2D eigenvalue weighted by Crippen LogP contribution is -2.29. The van der Waals surface area contributed by atoms with Crippen molar-refractivity contribution in [3.8, 4) is 11.5 Å². The number of carbonyl (C=O) groups is 2. The van der Waals surface area contributed by atoms with Gasteiger partial charge in [0, 0.05) is 22.9 Å². The van der Waals surface area contributed by atoms with Crippen LogP contribution in [0.25, 0.3) is 10.9 Å². The lowest BCUT2D eigenvalue weighted by atomic mass is 9.87. The number of carbonyl (C=O) groups excluding carboxylic acids is 2. The molecule has 264 valence electrons. The molecule has 2 heterocycles. The number of Topliss-reactive ketones (excluding diaryl/α,β-unsaturated/α-hetero) is 2. The zero-order valence-electron chi connectivity index (χ0n) is 32.0. The second-order valence-corrected chi connectivity index (χ2v) is 13.4. The van der Waals surface area contributed by atoms with E-state index in [4.69, 9.17) is 15.0 Å². The first-order valence-corrected chi connectivity index (χ1v) is 16.6. The first-order chi connectivity index (χ1) is 25.9. The van der Waals surface area contributed by atoms with Gasteiger partial charge in [-0.2, -0.15) is 0 Å². The highest BCUT2D eigenvalue weighted by molar-refractivity contribution is 5.96. The minimum atomic E-state index is -3.82. The largest absolute Gasteiger partial charge is 0.586 e. The lowest BCUT2D eigenvalue weighted by Gasteiger charge is -2.27. The maximum atomic E-state index is 16.1. The van der Waals surface area contributed by atoms with Gasteiger partial charge in [-0.25, -0.2) is 4.39 Å². The zero-order chi connectivity index (χ0) is 39.4. The molecule has 7 rings (SSSR count). The molecule has 2 aliphatic rings. The number of ketones is 2. The minimum absolute atomic E-state index is 0.0359. The van der Waals surface area contributed by atoms with Crippen molar-refractivity contribution in [2.45, 2.75) is 70.0 Å². The summed E-state index contributed by atoms with van der Waals surface area (Å²) >= 11 is 0. The monoisotopic (exact) mass is 701 g/mol. The van der Waals surface area contributed by atoms with E-state index in [1.165, 1.54) is 28.8 Å². The van der Waals surface area contributed by atoms with Crippen molar-refractivity contribution < 1.29 is 47.2 Å². The summed E-state index contributed by atoms with van der Waals surface area (Å²) in [6.07, 6.45) is -3.31. The van der Waals surface area contributed by atoms with Gasteiger partial charge in [-0.3, -0.25) is 9.59 Å². The van der Waals surface area contributed by atoms with Gasteiger partial charge < -0.3 is 23.5 Å². The highest BCUT2D eigenvalue weighted by atomic mass is 19.3. The summed E-state index contributed by atoms with van der Waals surface area (Å²) in [6.45, 7) is -2.86. The predicted molar refractivity (Wildman–Crippen MR) is 184 cm³/mol. The van der Waals surface area contributed by atoms with Crippen LogP contribution in [0.3, 0.4) is 0 Å². The Bertz CT molecular complexity index is 2260. The molecule has 10 heteroatoms. The third-order valence-corrected chi connectivity index (χ3v) is 9.28. The maximum absolute atomic E-state index is 16.1. The van der Waals surface area contributed by atoms with Crippen LogP contribution in [0, 0.1) is 5.82 Å². The summed E-state index contributed by atoms with van der Waals surface area (Å²) in [4.78, 5) is 27.5. The number of aromatic nitrogens is 1. The molecule has 0 radical (unpaired) electrons. The molecule has 0 atom stereocenters. The average Bonchev–Trinajstić information content (AvgIpc) is 3.80. The topological polar surface area (TPSA) is 76.0 Å². The molecule has 0 spiro atoms. The highest BCUT2D eigenvalue weighted by Gasteiger charge is 2.52. The van der Waals surface area contributed by atoms with Gasteiger partial charge in [-0.15, -0.1) is 8.78 Å². The molecule has 1 aromatic heterocycles. The molecular weight excluding hydrogens is 659 g/mol. The van der Waals surface area contributed by atoms with E-state index in [2.05, 4.69) is 9.47 Å². The molecular formula is C41H38F3NO6. The Labute approximate surface area is 299 Å². The van der Waals surface area contributed by atoms with Crippen molar-refractivity contribution in [3.63, 3.8) is 0 Å². The number of nitrogens with zero attached hydrogens (tertiary/aromatic N) is 1. The Balaban J connectivity index is 1.21. The van der Waals surface area contributed by atoms with Crippen molar-refractivity contribution >= 4 is 22.5 Å². The van der Waals surface area contributed by atoms with Crippen LogP contribution >= 0.6 is 0 Å². The molecule has 1 fully saturated rings. The summed E-state index contributed by atoms with van der Waals surface area (Å²) in [6, 6.07) is 26.1. The van der Waals surface area contributed by atoms with Crippen LogP contribution in [-0.4, -0.2) is 35.5 Å². The fourth-order valence-electron chi connectivity index (χ4n) is 6.47. The standard InChI is InChI=1S/C41H38F3NO6/c1-39(2,26-49-24-28-11-7-4-8-12-28)37-18-30-17-29(19-38(47)40(15-16-40)31-13-14-35-36(20-31)51-41(43,44)50-35)33(42)21-34(30)45(37)22-32(46)25-48-23-27-9-5-3-6-10-27/h3-14,17-18,20-21H,15-16,19,22-26H2,1-2H3/i25D2,26D2. The van der Waals surface area contributed by atoms with E-state index in [0.717, 1.165) is 11.6 Å². The minimum Gasteiger partial charge on any atom is -0.395 e. The number of alkyl halides is 2. The van der Waals surface area contributed by atoms with Crippen molar-refractivity contribution in [3.05, 3.63) is 131 Å². The van der Waals surface area contributed by atoms with Gasteiger partial charge >= 0.3 is 6.29 Å². The summed E-state index contributed by atoms with van der Waals surface area (Å²) < 4.78 is 100. The maximum Gasteiger partial charge on any atom is 0.586 e. The molecule has 5 aromatic rings. The number of hydrogen-bond donors (Lipinski definition) is 0. The molecule has 0 unspecified atom stereocenters. The molecule has 1 saturated carbocycles. The fourth-order valence-corrected chi connectivity index (χ4v) is 6.47. The Hall–Kier alpha value is -4.93. The second kappa shape index (κ2) is 13.7. The van der Waals surface area contributed by atoms with Crippen LogP contribution in [0.4, 0.5) is 13.2 Å². The summed E-state index contributed by atoms with van der Waals surface area (Å²) in [5, 5.41) is 0.375. The van der Waals surface area contributed by atoms with Crippen LogP contribution in [0.15, 0.2) is 97.1 Å². The third kappa shape index (κ3) is 7.43. The van der Waals surface area contributed by atoms with Gasteiger partial charge in [0.15, 0.2) is 17.3 Å². The first-order valence-electron chi connectivity index (χ1n) is 18.6. The first kappa shape index (κ1) is 29.8. The average molecular weight is 702 g/mol. The Morgan fingerprint density at radius 1 is 0.863 bits per heavy atom. The molecule has 7 nitrogen and oxygen atoms in total. The lowest BCUT2D eigenvalue weighted by molar-refractivity contribution is -0.286. The smallest absolute Gasteiger partial charge is 0.395 e. The number of ether oxygens (including phenoxy) is 4. The highest BCUT2D eigenvalue weighted by Crippen LogP contribution is 2.53. The quantitative estimate of drug-likeness (QED) is 0.110. The van der Waals surface area contributed by atoms with Gasteiger partial charge in [0.2, 0.25) is 0 Å². The molecule has 0 saturated heterocycles. The third-order valence-electron chi connectivity index (χ3n) is 9.28. The fraction of sp³-hybridized carbons (Fsp3) is 0.317. The molecule has 1 aliphatic carbocycles. The molecule has 0 amide bonds. The van der Waals surface area contributed by atoms with E-state index in [1.54, 1.807) is 74.5 Å². The van der Waals surface area contributed by atoms with E-state index in [0.29, 0.717) is 29.4 Å². The van der Waals surface area contributed by atoms with E-state index < -0.39 is 48.4 Å². The Morgan fingerprint density at radius 3 is 2.18 bits per heavy atom. The molecule has 1 aliphatic heterocycles. The number of fused-ring (bicyclic) bond motifs is 2. The normalized spacial score (nSPS) is 17.4. The number of hydrogen-bond acceptors (Lipinski definition) is 6. The number of rotatable bonds is 15. The summed E-state index contributed by atoms with van der Waals surface area (Å²) in [5.41, 5.74) is -0.284. The van der Waals surface area contributed by atoms with Crippen molar-refractivity contribution in [2.75, 3.05) is 13.1 Å². The van der Waals surface area contributed by atoms with E-state index in [-0.39, 0.29) is 53.7 Å². The van der Waals surface area contributed by atoms with Crippen LogP contribution < -0.4 is 9.47 Å². The Morgan fingerprint density at radius 2 is 1.51 bits per heavy atom. The second-order valence-electron chi connectivity index (χ2n) is 13.4. The molecule has 4 aromatic carbocycles. The van der Waals surface area contributed by atoms with Crippen molar-refractivity contribution in [1.29, 1.82) is 0 Å². The van der Waals surface area contributed by atoms with E-state index in [1.807, 2.05) is 6.07 Å². The van der Waals surface area contributed by atoms with Crippen molar-refractivity contribution in [1.82, 2.24) is 4.57 Å². The predicted octanol–water partition coefficient (Wildman–Crippen LogP) is 8.23. The van der Waals surface area contributed by atoms with Gasteiger partial charge in [0.1, 0.15) is 18.2 Å². The Kier molecular flexibility index (Phi) is 7.97. The van der Waals surface area contributed by atoms with Crippen LogP contribution in [0.2, 0.25) is 0 Å². The van der Waals surface area contributed by atoms with Gasteiger partial charge in [-0.1, -0.05) is 80.6 Å². The number of benzene rings is 4. The molecule has 51 heavy (non-hydrogen) atoms. The van der Waals surface area contributed by atoms with Crippen LogP contribution in [0.5, 0.6) is 11.5 Å². The summed E-state index contributed by atoms with van der Waals surface area (Å²) in [7, 11) is 0. The zero-order valence-corrected chi connectivity index (χ0v) is 28.0. The molecule has 0 N–H and O–H groups in total. The van der Waals surface area contributed by atoms with Crippen LogP contribution in [0.1, 0.15) is 60.1 Å². The van der Waals surface area contributed by atoms with Crippen LogP contribution in [-0.2, 0) is 56.1 Å².